The highest BCUT2D eigenvalue weighted by atomic mass is 16.3. The quantitative estimate of drug-likeness (QED) is 0.777. The molecule has 0 radical (unpaired) electrons. The van der Waals surface area contributed by atoms with E-state index in [9.17, 15) is 14.7 Å². The monoisotopic (exact) mass is 278 g/mol. The van der Waals surface area contributed by atoms with Crippen molar-refractivity contribution in [3.05, 3.63) is 29.1 Å². The lowest BCUT2D eigenvalue weighted by Crippen LogP contribution is -2.44. The van der Waals surface area contributed by atoms with Crippen LogP contribution >= 0.6 is 0 Å². The van der Waals surface area contributed by atoms with Crippen LogP contribution in [0.25, 0.3) is 0 Å². The number of nitrogens with one attached hydrogen (secondary N) is 1. The standard InChI is InChI=1S/C15H22N2O3/c1-5-8-15(4,20)14(19)16-9-12-6-7-13(11(3)18)10(2)17-12/h6-7,20H,5,8-9H2,1-4H3,(H,16,19). The summed E-state index contributed by atoms with van der Waals surface area (Å²) in [7, 11) is 0. The molecule has 0 bridgehead atoms. The van der Waals surface area contributed by atoms with Crippen LogP contribution in [0.3, 0.4) is 0 Å². The van der Waals surface area contributed by atoms with Crippen LogP contribution in [-0.4, -0.2) is 27.4 Å². The Bertz CT molecular complexity index is 510. The number of rotatable bonds is 6. The van der Waals surface area contributed by atoms with Crippen molar-refractivity contribution in [3.63, 3.8) is 0 Å². The third-order valence-corrected chi connectivity index (χ3v) is 3.18. The fourth-order valence-corrected chi connectivity index (χ4v) is 2.05. The third-order valence-electron chi connectivity index (χ3n) is 3.18. The molecule has 0 aliphatic rings. The van der Waals surface area contributed by atoms with Gasteiger partial charge in [0.15, 0.2) is 5.78 Å². The Morgan fingerprint density at radius 3 is 2.55 bits per heavy atom. The van der Waals surface area contributed by atoms with Gasteiger partial charge in [-0.25, -0.2) is 0 Å². The molecule has 0 saturated heterocycles. The number of aromatic nitrogens is 1. The Labute approximate surface area is 119 Å². The summed E-state index contributed by atoms with van der Waals surface area (Å²) in [5, 5.41) is 12.6. The van der Waals surface area contributed by atoms with Gasteiger partial charge in [0, 0.05) is 11.3 Å². The predicted molar refractivity (Wildman–Crippen MR) is 76.4 cm³/mol. The van der Waals surface area contributed by atoms with Gasteiger partial charge in [-0.2, -0.15) is 0 Å². The minimum atomic E-state index is -1.36. The van der Waals surface area contributed by atoms with E-state index in [1.54, 1.807) is 19.1 Å². The molecule has 0 saturated carbocycles. The van der Waals surface area contributed by atoms with Crippen LogP contribution in [0.15, 0.2) is 12.1 Å². The molecular formula is C15H22N2O3. The van der Waals surface area contributed by atoms with Crippen molar-refractivity contribution >= 4 is 11.7 Å². The first-order valence-electron chi connectivity index (χ1n) is 6.76. The van der Waals surface area contributed by atoms with Gasteiger partial charge in [0.05, 0.1) is 12.2 Å². The molecule has 1 atom stereocenters. The van der Waals surface area contributed by atoms with E-state index in [0.29, 0.717) is 23.4 Å². The van der Waals surface area contributed by atoms with E-state index < -0.39 is 11.5 Å². The topological polar surface area (TPSA) is 79.3 Å². The molecule has 0 fully saturated rings. The maximum Gasteiger partial charge on any atom is 0.251 e. The van der Waals surface area contributed by atoms with Crippen LogP contribution in [0, 0.1) is 6.92 Å². The summed E-state index contributed by atoms with van der Waals surface area (Å²) < 4.78 is 0. The van der Waals surface area contributed by atoms with Gasteiger partial charge in [-0.1, -0.05) is 13.3 Å². The Morgan fingerprint density at radius 1 is 1.40 bits per heavy atom. The first kappa shape index (κ1) is 16.3. The van der Waals surface area contributed by atoms with Gasteiger partial charge in [0.2, 0.25) is 0 Å². The number of pyridine rings is 1. The average molecular weight is 278 g/mol. The fraction of sp³-hybridized carbons (Fsp3) is 0.533. The maximum absolute atomic E-state index is 11.8. The lowest BCUT2D eigenvalue weighted by molar-refractivity contribution is -0.138. The summed E-state index contributed by atoms with van der Waals surface area (Å²) in [5.74, 6) is -0.439. The van der Waals surface area contributed by atoms with E-state index in [2.05, 4.69) is 10.3 Å². The van der Waals surface area contributed by atoms with E-state index >= 15 is 0 Å². The Balaban J connectivity index is 2.69. The van der Waals surface area contributed by atoms with E-state index in [0.717, 1.165) is 6.42 Å². The van der Waals surface area contributed by atoms with Crippen molar-refractivity contribution in [1.82, 2.24) is 10.3 Å². The summed E-state index contributed by atoms with van der Waals surface area (Å²) in [4.78, 5) is 27.4. The van der Waals surface area contributed by atoms with Gasteiger partial charge in [-0.15, -0.1) is 0 Å². The highest BCUT2D eigenvalue weighted by Gasteiger charge is 2.28. The Kier molecular flexibility index (Phi) is 5.39. The third kappa shape index (κ3) is 4.13. The molecule has 0 spiro atoms. The second kappa shape index (κ2) is 6.61. The van der Waals surface area contributed by atoms with Crippen molar-refractivity contribution in [2.75, 3.05) is 0 Å². The van der Waals surface area contributed by atoms with Gasteiger partial charge < -0.3 is 10.4 Å². The molecule has 0 aliphatic carbocycles. The normalized spacial score (nSPS) is 13.7. The number of aryl methyl sites for hydroxylation is 1. The number of amides is 1. The minimum absolute atomic E-state index is 0.0311. The maximum atomic E-state index is 11.8. The molecule has 5 heteroatoms. The van der Waals surface area contributed by atoms with Crippen LogP contribution in [0.2, 0.25) is 0 Å². The van der Waals surface area contributed by atoms with Crippen molar-refractivity contribution < 1.29 is 14.7 Å². The number of Topliss-reactive ketones (excluding diaryl/α,β-unsaturated/α-hetero) is 1. The molecule has 20 heavy (non-hydrogen) atoms. The Hall–Kier alpha value is -1.75. The molecular weight excluding hydrogens is 256 g/mol. The highest BCUT2D eigenvalue weighted by Crippen LogP contribution is 2.12. The first-order chi connectivity index (χ1) is 9.27. The zero-order chi connectivity index (χ0) is 15.3. The molecule has 110 valence electrons. The van der Waals surface area contributed by atoms with Gasteiger partial charge >= 0.3 is 0 Å². The SMILES string of the molecule is CCCC(C)(O)C(=O)NCc1ccc(C(C)=O)c(C)n1. The largest absolute Gasteiger partial charge is 0.380 e. The molecule has 1 unspecified atom stereocenters. The molecule has 2 N–H and O–H groups in total. The lowest BCUT2D eigenvalue weighted by Gasteiger charge is -2.21. The Morgan fingerprint density at radius 2 is 2.05 bits per heavy atom. The van der Waals surface area contributed by atoms with E-state index in [1.807, 2.05) is 6.92 Å². The van der Waals surface area contributed by atoms with Crippen LogP contribution in [0.1, 0.15) is 55.4 Å². The fourth-order valence-electron chi connectivity index (χ4n) is 2.05. The van der Waals surface area contributed by atoms with Gasteiger partial charge in [0.1, 0.15) is 5.60 Å². The predicted octanol–water partition coefficient (Wildman–Crippen LogP) is 1.76. The van der Waals surface area contributed by atoms with Crippen LogP contribution in [0.5, 0.6) is 0 Å². The zero-order valence-corrected chi connectivity index (χ0v) is 12.5. The second-order valence-electron chi connectivity index (χ2n) is 5.20. The number of hydrogen-bond donors (Lipinski definition) is 2. The number of carbonyl (C=O) groups is 2. The first-order valence-corrected chi connectivity index (χ1v) is 6.76. The van der Waals surface area contributed by atoms with Crippen molar-refractivity contribution in [2.45, 2.75) is 52.7 Å². The van der Waals surface area contributed by atoms with Gasteiger partial charge in [-0.3, -0.25) is 14.6 Å². The van der Waals surface area contributed by atoms with Crippen LogP contribution < -0.4 is 5.32 Å². The lowest BCUT2D eigenvalue weighted by atomic mass is 10.00. The molecule has 1 rings (SSSR count). The summed E-state index contributed by atoms with van der Waals surface area (Å²) in [6.45, 7) is 6.90. The molecule has 5 nitrogen and oxygen atoms in total. The van der Waals surface area contributed by atoms with Crippen LogP contribution in [-0.2, 0) is 11.3 Å². The minimum Gasteiger partial charge on any atom is -0.380 e. The molecule has 1 aromatic heterocycles. The number of nitrogens with zero attached hydrogens (tertiary/aromatic N) is 1. The van der Waals surface area contributed by atoms with E-state index in [-0.39, 0.29) is 12.3 Å². The molecule has 1 aromatic rings. The van der Waals surface area contributed by atoms with Crippen molar-refractivity contribution in [2.24, 2.45) is 0 Å². The molecule has 1 heterocycles. The summed E-state index contributed by atoms with van der Waals surface area (Å²) >= 11 is 0. The number of carbonyl (C=O) groups excluding carboxylic acids is 2. The molecule has 0 aromatic carbocycles. The summed E-state index contributed by atoms with van der Waals surface area (Å²) in [5.41, 5.74) is 0.527. The molecule has 1 amide bonds. The number of ketones is 1. The number of hydrogen-bond acceptors (Lipinski definition) is 4. The van der Waals surface area contributed by atoms with Crippen molar-refractivity contribution in [1.29, 1.82) is 0 Å². The summed E-state index contributed by atoms with van der Waals surface area (Å²) in [6.07, 6.45) is 1.14. The van der Waals surface area contributed by atoms with E-state index in [4.69, 9.17) is 0 Å². The zero-order valence-electron chi connectivity index (χ0n) is 12.5. The van der Waals surface area contributed by atoms with Crippen LogP contribution in [0.4, 0.5) is 0 Å². The number of aliphatic hydroxyl groups is 1. The van der Waals surface area contributed by atoms with Crippen molar-refractivity contribution in [3.8, 4) is 0 Å². The van der Waals surface area contributed by atoms with Gasteiger partial charge in [0.25, 0.3) is 5.91 Å². The van der Waals surface area contributed by atoms with Gasteiger partial charge in [-0.05, 0) is 39.3 Å². The summed E-state index contributed by atoms with van der Waals surface area (Å²) in [6, 6.07) is 3.41. The second-order valence-corrected chi connectivity index (χ2v) is 5.20. The molecule has 0 aliphatic heterocycles. The van der Waals surface area contributed by atoms with E-state index in [1.165, 1.54) is 13.8 Å². The highest BCUT2D eigenvalue weighted by molar-refractivity contribution is 5.95. The smallest absolute Gasteiger partial charge is 0.251 e. The average Bonchev–Trinajstić information content (AvgIpc) is 2.35.